The average molecular weight is 356 g/mol. The summed E-state index contributed by atoms with van der Waals surface area (Å²) in [6, 6.07) is 12.4. The van der Waals surface area contributed by atoms with Crippen molar-refractivity contribution in [1.29, 1.82) is 0 Å². The molecule has 1 unspecified atom stereocenters. The maximum atomic E-state index is 12.9. The highest BCUT2D eigenvalue weighted by Crippen LogP contribution is 2.18. The number of carbonyl (C=O) groups excluding carboxylic acids is 1. The summed E-state index contributed by atoms with van der Waals surface area (Å²) in [5.41, 5.74) is 1.13. The molecule has 0 aliphatic heterocycles. The molecule has 2 aromatic carbocycles. The Bertz CT molecular complexity index is 878. The van der Waals surface area contributed by atoms with Crippen LogP contribution < -0.4 is 10.1 Å². The molecule has 2 N–H and O–H groups in total. The second kappa shape index (κ2) is 7.75. The Kier molecular flexibility index (Phi) is 5.23. The predicted molar refractivity (Wildman–Crippen MR) is 92.3 cm³/mol. The van der Waals surface area contributed by atoms with Crippen LogP contribution in [0.1, 0.15) is 22.3 Å². The third-order valence-corrected chi connectivity index (χ3v) is 3.70. The minimum absolute atomic E-state index is 0.0451. The Morgan fingerprint density at radius 1 is 1.23 bits per heavy atom. The molecule has 0 saturated heterocycles. The van der Waals surface area contributed by atoms with Gasteiger partial charge in [-0.3, -0.25) is 4.79 Å². The summed E-state index contributed by atoms with van der Waals surface area (Å²) in [7, 11) is 1.57. The van der Waals surface area contributed by atoms with Crippen LogP contribution in [0.4, 0.5) is 10.1 Å². The zero-order chi connectivity index (χ0) is 18.5. The number of hydrogen-bond donors (Lipinski definition) is 2. The first kappa shape index (κ1) is 17.6. The largest absolute Gasteiger partial charge is 0.497 e. The lowest BCUT2D eigenvalue weighted by molar-refractivity contribution is 0.101. The van der Waals surface area contributed by atoms with Gasteiger partial charge in [-0.15, -0.1) is 5.10 Å². The maximum Gasteiger partial charge on any atom is 0.295 e. The number of benzene rings is 2. The molecule has 3 rings (SSSR count). The predicted octanol–water partition coefficient (Wildman–Crippen LogP) is 2.41. The van der Waals surface area contributed by atoms with Crippen LogP contribution in [-0.4, -0.2) is 32.9 Å². The van der Waals surface area contributed by atoms with E-state index in [1.165, 1.54) is 35.3 Å². The number of methoxy groups -OCH3 is 1. The third kappa shape index (κ3) is 4.22. The first-order chi connectivity index (χ1) is 12.5. The van der Waals surface area contributed by atoms with Gasteiger partial charge in [-0.25, -0.2) is 14.1 Å². The summed E-state index contributed by atoms with van der Waals surface area (Å²) in [6.45, 7) is 0.142. The van der Waals surface area contributed by atoms with E-state index in [9.17, 15) is 14.3 Å². The minimum atomic E-state index is -0.810. The van der Waals surface area contributed by atoms with E-state index in [1.807, 2.05) is 0 Å². The van der Waals surface area contributed by atoms with Gasteiger partial charge in [0, 0.05) is 5.69 Å². The molecule has 26 heavy (non-hydrogen) atoms. The van der Waals surface area contributed by atoms with E-state index in [4.69, 9.17) is 4.74 Å². The molecule has 0 radical (unpaired) electrons. The standard InChI is InChI=1S/C18H17FN4O3/c1-26-15-8-2-12(3-9-15)16(24)10-23-11-20-17(22-23)18(25)21-14-6-4-13(19)5-7-14/h2-9,11,16,24H,10H2,1H3,(H,21,25). The zero-order valence-electron chi connectivity index (χ0n) is 14.0. The van der Waals surface area contributed by atoms with E-state index in [0.717, 1.165) is 0 Å². The van der Waals surface area contributed by atoms with Crippen LogP contribution >= 0.6 is 0 Å². The number of aliphatic hydroxyl groups excluding tert-OH is 1. The van der Waals surface area contributed by atoms with Crippen LogP contribution in [-0.2, 0) is 6.54 Å². The molecule has 7 nitrogen and oxygen atoms in total. The molecule has 3 aromatic rings. The van der Waals surface area contributed by atoms with Gasteiger partial charge < -0.3 is 15.2 Å². The van der Waals surface area contributed by atoms with Crippen LogP contribution in [0.15, 0.2) is 54.9 Å². The van der Waals surface area contributed by atoms with Crippen LogP contribution in [0, 0.1) is 5.82 Å². The Labute approximate surface area is 149 Å². The highest BCUT2D eigenvalue weighted by Gasteiger charge is 2.14. The first-order valence-corrected chi connectivity index (χ1v) is 7.83. The van der Waals surface area contributed by atoms with Crippen molar-refractivity contribution in [2.45, 2.75) is 12.6 Å². The van der Waals surface area contributed by atoms with Gasteiger partial charge in [0.05, 0.1) is 19.8 Å². The van der Waals surface area contributed by atoms with Crippen LogP contribution in [0.2, 0.25) is 0 Å². The lowest BCUT2D eigenvalue weighted by Crippen LogP contribution is -2.15. The lowest BCUT2D eigenvalue weighted by atomic mass is 10.1. The molecule has 0 aliphatic rings. The SMILES string of the molecule is COc1ccc(C(O)Cn2cnc(C(=O)Nc3ccc(F)cc3)n2)cc1. The topological polar surface area (TPSA) is 89.3 Å². The summed E-state index contributed by atoms with van der Waals surface area (Å²) in [4.78, 5) is 16.1. The summed E-state index contributed by atoms with van der Waals surface area (Å²) in [5, 5.41) is 16.9. The highest BCUT2D eigenvalue weighted by molar-refractivity contribution is 6.01. The van der Waals surface area contributed by atoms with E-state index < -0.39 is 17.8 Å². The molecule has 1 amide bonds. The Morgan fingerprint density at radius 3 is 2.58 bits per heavy atom. The molecule has 8 heteroatoms. The summed E-state index contributed by atoms with van der Waals surface area (Å²) < 4.78 is 19.3. The second-order valence-corrected chi connectivity index (χ2v) is 5.54. The monoisotopic (exact) mass is 356 g/mol. The van der Waals surface area contributed by atoms with Crippen molar-refractivity contribution in [3.63, 3.8) is 0 Å². The van der Waals surface area contributed by atoms with E-state index in [-0.39, 0.29) is 12.4 Å². The van der Waals surface area contributed by atoms with Gasteiger partial charge in [0.25, 0.3) is 5.91 Å². The number of anilines is 1. The van der Waals surface area contributed by atoms with Gasteiger partial charge in [0.1, 0.15) is 17.9 Å². The molecular formula is C18H17FN4O3. The number of nitrogens with one attached hydrogen (secondary N) is 1. The minimum Gasteiger partial charge on any atom is -0.497 e. The Morgan fingerprint density at radius 2 is 1.92 bits per heavy atom. The van der Waals surface area contributed by atoms with Gasteiger partial charge in [0.2, 0.25) is 5.82 Å². The van der Waals surface area contributed by atoms with E-state index in [0.29, 0.717) is 17.0 Å². The van der Waals surface area contributed by atoms with E-state index in [2.05, 4.69) is 15.4 Å². The van der Waals surface area contributed by atoms with Crippen LogP contribution in [0.5, 0.6) is 5.75 Å². The van der Waals surface area contributed by atoms with E-state index in [1.54, 1.807) is 31.4 Å². The average Bonchev–Trinajstić information content (AvgIpc) is 3.12. The number of ether oxygens (including phenoxy) is 1. The number of rotatable bonds is 6. The van der Waals surface area contributed by atoms with Crippen molar-refractivity contribution in [2.75, 3.05) is 12.4 Å². The third-order valence-electron chi connectivity index (χ3n) is 3.70. The summed E-state index contributed by atoms with van der Waals surface area (Å²) in [5.74, 6) is -0.259. The number of aromatic nitrogens is 3. The number of aliphatic hydroxyl groups is 1. The molecule has 1 heterocycles. The van der Waals surface area contributed by atoms with Crippen molar-refractivity contribution in [3.05, 3.63) is 72.1 Å². The van der Waals surface area contributed by atoms with Crippen molar-refractivity contribution < 1.29 is 19.0 Å². The molecule has 134 valence electrons. The number of hydrogen-bond acceptors (Lipinski definition) is 5. The lowest BCUT2D eigenvalue weighted by Gasteiger charge is -2.11. The fourth-order valence-electron chi connectivity index (χ4n) is 2.32. The zero-order valence-corrected chi connectivity index (χ0v) is 14.0. The molecule has 0 saturated carbocycles. The van der Waals surface area contributed by atoms with Crippen LogP contribution in [0.25, 0.3) is 0 Å². The van der Waals surface area contributed by atoms with Crippen molar-refractivity contribution >= 4 is 11.6 Å². The van der Waals surface area contributed by atoms with Gasteiger partial charge in [0.15, 0.2) is 0 Å². The summed E-state index contributed by atoms with van der Waals surface area (Å²) in [6.07, 6.45) is 0.558. The number of halogens is 1. The normalized spacial score (nSPS) is 11.8. The Balaban J connectivity index is 1.63. The molecule has 0 fully saturated rings. The highest BCUT2D eigenvalue weighted by atomic mass is 19.1. The number of amides is 1. The molecular weight excluding hydrogens is 339 g/mol. The van der Waals surface area contributed by atoms with Crippen molar-refractivity contribution in [3.8, 4) is 5.75 Å². The molecule has 0 aliphatic carbocycles. The quantitative estimate of drug-likeness (QED) is 0.708. The fourth-order valence-corrected chi connectivity index (χ4v) is 2.32. The smallest absolute Gasteiger partial charge is 0.295 e. The van der Waals surface area contributed by atoms with Gasteiger partial charge in [-0.05, 0) is 42.0 Å². The van der Waals surface area contributed by atoms with Crippen molar-refractivity contribution in [2.24, 2.45) is 0 Å². The second-order valence-electron chi connectivity index (χ2n) is 5.54. The van der Waals surface area contributed by atoms with Crippen LogP contribution in [0.3, 0.4) is 0 Å². The van der Waals surface area contributed by atoms with E-state index >= 15 is 0 Å². The first-order valence-electron chi connectivity index (χ1n) is 7.83. The molecule has 0 spiro atoms. The fraction of sp³-hybridized carbons (Fsp3) is 0.167. The van der Waals surface area contributed by atoms with Gasteiger partial charge in [-0.2, -0.15) is 0 Å². The number of nitrogens with zero attached hydrogens (tertiary/aromatic N) is 3. The van der Waals surface area contributed by atoms with Gasteiger partial charge >= 0.3 is 0 Å². The Hall–Kier alpha value is -3.26. The molecule has 0 bridgehead atoms. The maximum absolute atomic E-state index is 12.9. The van der Waals surface area contributed by atoms with Crippen molar-refractivity contribution in [1.82, 2.24) is 14.8 Å². The molecule has 1 aromatic heterocycles. The molecule has 1 atom stereocenters. The summed E-state index contributed by atoms with van der Waals surface area (Å²) >= 11 is 0. The van der Waals surface area contributed by atoms with Gasteiger partial charge in [-0.1, -0.05) is 12.1 Å². The number of carbonyl (C=O) groups is 1.